The largest absolute Gasteiger partial charge is 0.350 e. The van der Waals surface area contributed by atoms with Gasteiger partial charge in [0.2, 0.25) is 5.91 Å². The van der Waals surface area contributed by atoms with Crippen LogP contribution in [0.3, 0.4) is 0 Å². The minimum absolute atomic E-state index is 0.298. The molecule has 0 aliphatic heterocycles. The first-order valence-corrected chi connectivity index (χ1v) is 7.95. The Labute approximate surface area is 135 Å². The Morgan fingerprint density at radius 1 is 1.22 bits per heavy atom. The van der Waals surface area contributed by atoms with Crippen molar-refractivity contribution in [2.24, 2.45) is 0 Å². The van der Waals surface area contributed by atoms with Crippen molar-refractivity contribution in [2.75, 3.05) is 0 Å². The molecule has 0 atom stereocenters. The van der Waals surface area contributed by atoms with Crippen LogP contribution in [-0.2, 0) is 17.9 Å². The number of carbonyl (C=O) groups is 1. The van der Waals surface area contributed by atoms with Gasteiger partial charge in [-0.05, 0) is 23.9 Å². The van der Waals surface area contributed by atoms with Gasteiger partial charge >= 0.3 is 5.69 Å². The van der Waals surface area contributed by atoms with Gasteiger partial charge in [0.05, 0.1) is 5.52 Å². The van der Waals surface area contributed by atoms with Crippen molar-refractivity contribution in [2.45, 2.75) is 20.0 Å². The Morgan fingerprint density at radius 2 is 1.96 bits per heavy atom. The van der Waals surface area contributed by atoms with E-state index in [0.29, 0.717) is 16.8 Å². The van der Waals surface area contributed by atoms with E-state index < -0.39 is 11.2 Å². The molecule has 1 amide bonds. The normalized spacial score (nSPS) is 10.8. The topological polar surface area (TPSA) is 84.0 Å². The number of carbonyl (C=O) groups excluding carboxylic acids is 1. The van der Waals surface area contributed by atoms with Crippen LogP contribution in [0.1, 0.15) is 11.1 Å². The van der Waals surface area contributed by atoms with Gasteiger partial charge in [-0.25, -0.2) is 9.36 Å². The molecule has 1 aromatic carbocycles. The highest BCUT2D eigenvalue weighted by atomic mass is 32.1. The minimum atomic E-state index is -0.577. The van der Waals surface area contributed by atoms with Crippen LogP contribution in [0.25, 0.3) is 10.2 Å². The second kappa shape index (κ2) is 6.21. The molecule has 2 N–H and O–H groups in total. The van der Waals surface area contributed by atoms with Gasteiger partial charge in [-0.3, -0.25) is 9.59 Å². The number of H-pyrrole nitrogens is 1. The van der Waals surface area contributed by atoms with Gasteiger partial charge < -0.3 is 10.3 Å². The number of nitrogens with zero attached hydrogens (tertiary/aromatic N) is 1. The number of hydrogen-bond acceptors (Lipinski definition) is 4. The standard InChI is InChI=1S/C16H15N3O3S/c1-10-2-4-11(5-3-10)8-17-13(20)9-19-15(21)14-12(6-7-23-14)18-16(19)22/h2-7H,8-9H2,1H3,(H,17,20)(H,18,22). The summed E-state index contributed by atoms with van der Waals surface area (Å²) >= 11 is 1.24. The number of thiophene rings is 1. The number of amides is 1. The molecule has 0 bridgehead atoms. The van der Waals surface area contributed by atoms with Gasteiger partial charge in [-0.1, -0.05) is 29.8 Å². The molecule has 3 aromatic rings. The molecule has 0 saturated heterocycles. The number of nitrogens with one attached hydrogen (secondary N) is 2. The van der Waals surface area contributed by atoms with E-state index in [9.17, 15) is 14.4 Å². The van der Waals surface area contributed by atoms with E-state index in [1.807, 2.05) is 31.2 Å². The van der Waals surface area contributed by atoms with Crippen molar-refractivity contribution >= 4 is 27.5 Å². The van der Waals surface area contributed by atoms with E-state index >= 15 is 0 Å². The van der Waals surface area contributed by atoms with E-state index in [1.54, 1.807) is 11.4 Å². The third-order valence-corrected chi connectivity index (χ3v) is 4.41. The third kappa shape index (κ3) is 3.24. The van der Waals surface area contributed by atoms with Crippen LogP contribution >= 0.6 is 11.3 Å². The molecular weight excluding hydrogens is 314 g/mol. The molecule has 7 heteroatoms. The molecule has 0 fully saturated rings. The predicted molar refractivity (Wildman–Crippen MR) is 89.7 cm³/mol. The van der Waals surface area contributed by atoms with Crippen LogP contribution in [-0.4, -0.2) is 15.5 Å². The summed E-state index contributed by atoms with van der Waals surface area (Å²) in [5.74, 6) is -0.380. The molecule has 118 valence electrons. The highest BCUT2D eigenvalue weighted by Crippen LogP contribution is 2.11. The molecule has 0 aliphatic rings. The summed E-state index contributed by atoms with van der Waals surface area (Å²) < 4.78 is 1.36. The molecule has 0 unspecified atom stereocenters. The lowest BCUT2D eigenvalue weighted by molar-refractivity contribution is -0.121. The Kier molecular flexibility index (Phi) is 4.12. The molecule has 2 aromatic heterocycles. The maximum atomic E-state index is 12.2. The zero-order valence-corrected chi connectivity index (χ0v) is 13.3. The van der Waals surface area contributed by atoms with Gasteiger partial charge in [0.25, 0.3) is 5.56 Å². The van der Waals surface area contributed by atoms with E-state index in [4.69, 9.17) is 0 Å². The Hall–Kier alpha value is -2.67. The van der Waals surface area contributed by atoms with Crippen molar-refractivity contribution in [1.82, 2.24) is 14.9 Å². The molecule has 0 aliphatic carbocycles. The van der Waals surface area contributed by atoms with Gasteiger partial charge in [-0.2, -0.15) is 0 Å². The van der Waals surface area contributed by atoms with Gasteiger partial charge in [0.15, 0.2) is 0 Å². The summed E-state index contributed by atoms with van der Waals surface area (Å²) in [4.78, 5) is 38.8. The first-order chi connectivity index (χ1) is 11.0. The molecule has 3 rings (SSSR count). The minimum Gasteiger partial charge on any atom is -0.350 e. The lowest BCUT2D eigenvalue weighted by atomic mass is 10.1. The van der Waals surface area contributed by atoms with Crippen LogP contribution in [0.4, 0.5) is 0 Å². The van der Waals surface area contributed by atoms with Crippen LogP contribution in [0.5, 0.6) is 0 Å². The van der Waals surface area contributed by atoms with Crippen molar-refractivity contribution in [3.05, 3.63) is 67.7 Å². The predicted octanol–water partition coefficient (Wildman–Crippen LogP) is 1.38. The Morgan fingerprint density at radius 3 is 2.70 bits per heavy atom. The maximum Gasteiger partial charge on any atom is 0.329 e. The number of aryl methyl sites for hydroxylation is 1. The second-order valence-corrected chi connectivity index (χ2v) is 6.16. The fraction of sp³-hybridized carbons (Fsp3) is 0.188. The monoisotopic (exact) mass is 329 g/mol. The molecule has 0 spiro atoms. The fourth-order valence-electron chi connectivity index (χ4n) is 2.22. The molecule has 2 heterocycles. The van der Waals surface area contributed by atoms with E-state index in [0.717, 1.165) is 15.7 Å². The van der Waals surface area contributed by atoms with Crippen LogP contribution in [0.2, 0.25) is 0 Å². The number of aromatic amines is 1. The van der Waals surface area contributed by atoms with E-state index in [2.05, 4.69) is 10.3 Å². The molecule has 0 radical (unpaired) electrons. The number of fused-ring (bicyclic) bond motifs is 1. The zero-order chi connectivity index (χ0) is 16.4. The molecule has 23 heavy (non-hydrogen) atoms. The number of rotatable bonds is 4. The summed E-state index contributed by atoms with van der Waals surface area (Å²) in [5.41, 5.74) is 1.58. The summed E-state index contributed by atoms with van der Waals surface area (Å²) in [6.45, 7) is 2.04. The van der Waals surface area contributed by atoms with Crippen LogP contribution in [0, 0.1) is 6.92 Å². The average Bonchev–Trinajstić information content (AvgIpc) is 2.99. The highest BCUT2D eigenvalue weighted by Gasteiger charge is 2.11. The SMILES string of the molecule is Cc1ccc(CNC(=O)Cn2c(=O)[nH]c3ccsc3c2=O)cc1. The fourth-order valence-corrected chi connectivity index (χ4v) is 3.02. The van der Waals surface area contributed by atoms with Gasteiger partial charge in [0, 0.05) is 6.54 Å². The number of aromatic nitrogens is 2. The van der Waals surface area contributed by atoms with E-state index in [1.165, 1.54) is 11.3 Å². The smallest absolute Gasteiger partial charge is 0.329 e. The maximum absolute atomic E-state index is 12.2. The summed E-state index contributed by atoms with van der Waals surface area (Å²) in [6, 6.07) is 9.44. The second-order valence-electron chi connectivity index (χ2n) is 5.25. The number of benzene rings is 1. The number of hydrogen-bond donors (Lipinski definition) is 2. The van der Waals surface area contributed by atoms with Gasteiger partial charge in [-0.15, -0.1) is 11.3 Å². The third-order valence-electron chi connectivity index (χ3n) is 3.50. The highest BCUT2D eigenvalue weighted by molar-refractivity contribution is 7.17. The zero-order valence-electron chi connectivity index (χ0n) is 12.5. The average molecular weight is 329 g/mol. The van der Waals surface area contributed by atoms with Crippen molar-refractivity contribution in [3.63, 3.8) is 0 Å². The van der Waals surface area contributed by atoms with Crippen LogP contribution in [0.15, 0.2) is 45.3 Å². The van der Waals surface area contributed by atoms with Crippen molar-refractivity contribution < 1.29 is 4.79 Å². The lowest BCUT2D eigenvalue weighted by Gasteiger charge is -2.07. The first kappa shape index (κ1) is 15.2. The molecular formula is C16H15N3O3S. The van der Waals surface area contributed by atoms with E-state index in [-0.39, 0.29) is 12.5 Å². The molecule has 0 saturated carbocycles. The van der Waals surface area contributed by atoms with Crippen molar-refractivity contribution in [1.29, 1.82) is 0 Å². The lowest BCUT2D eigenvalue weighted by Crippen LogP contribution is -2.40. The molecule has 6 nitrogen and oxygen atoms in total. The quantitative estimate of drug-likeness (QED) is 0.758. The Balaban J connectivity index is 1.74. The Bertz CT molecular complexity index is 967. The summed E-state index contributed by atoms with van der Waals surface area (Å²) in [5, 5.41) is 4.44. The summed E-state index contributed by atoms with van der Waals surface area (Å²) in [7, 11) is 0. The first-order valence-electron chi connectivity index (χ1n) is 7.07. The van der Waals surface area contributed by atoms with Crippen LogP contribution < -0.4 is 16.6 Å². The van der Waals surface area contributed by atoms with Gasteiger partial charge in [0.1, 0.15) is 11.2 Å². The summed E-state index contributed by atoms with van der Waals surface area (Å²) in [6.07, 6.45) is 0. The van der Waals surface area contributed by atoms with Crippen molar-refractivity contribution in [3.8, 4) is 0 Å².